The summed E-state index contributed by atoms with van der Waals surface area (Å²) in [5, 5.41) is 0. The summed E-state index contributed by atoms with van der Waals surface area (Å²) in [7, 11) is 8.54. The van der Waals surface area contributed by atoms with Gasteiger partial charge in [0.25, 0.3) is 0 Å². The molecule has 0 aliphatic heterocycles. The lowest BCUT2D eigenvalue weighted by molar-refractivity contribution is -0.0867. The molecule has 35 heavy (non-hydrogen) atoms. The minimum atomic E-state index is -0.176. The molecular formula is C32H36N2O. The van der Waals surface area contributed by atoms with E-state index in [1.54, 1.807) is 0 Å². The topological polar surface area (TPSA) is 15.7 Å². The fraction of sp³-hybridized carbons (Fsp3) is 0.250. The van der Waals surface area contributed by atoms with Gasteiger partial charge in [-0.2, -0.15) is 0 Å². The molecule has 4 aromatic rings. The Labute approximate surface area is 210 Å². The Kier molecular flexibility index (Phi) is 8.49. The Balaban J connectivity index is 1.85. The Hall–Kier alpha value is -3.24. The largest absolute Gasteiger partial charge is 0.362 e. The van der Waals surface area contributed by atoms with Crippen LogP contribution >= 0.6 is 0 Å². The summed E-state index contributed by atoms with van der Waals surface area (Å²) >= 11 is 0. The van der Waals surface area contributed by atoms with Crippen LogP contribution in [-0.2, 0) is 4.74 Å². The third-order valence-corrected chi connectivity index (χ3v) is 6.52. The van der Waals surface area contributed by atoms with Crippen molar-refractivity contribution in [3.63, 3.8) is 0 Å². The van der Waals surface area contributed by atoms with Crippen LogP contribution in [0.3, 0.4) is 0 Å². The molecule has 0 heterocycles. The second kappa shape index (κ2) is 11.9. The van der Waals surface area contributed by atoms with Crippen molar-refractivity contribution in [2.24, 2.45) is 0 Å². The second-order valence-electron chi connectivity index (χ2n) is 9.44. The van der Waals surface area contributed by atoms with Gasteiger partial charge in [-0.3, -0.25) is 9.80 Å². The molecule has 3 heteroatoms. The van der Waals surface area contributed by atoms with Crippen molar-refractivity contribution < 1.29 is 4.74 Å². The second-order valence-corrected chi connectivity index (χ2v) is 9.44. The van der Waals surface area contributed by atoms with Gasteiger partial charge in [-0.15, -0.1) is 0 Å². The minimum Gasteiger partial charge on any atom is -0.362 e. The van der Waals surface area contributed by atoms with Gasteiger partial charge in [-0.1, -0.05) is 121 Å². The maximum Gasteiger partial charge on any atom is 0.103 e. The predicted molar refractivity (Wildman–Crippen MR) is 145 cm³/mol. The van der Waals surface area contributed by atoms with Gasteiger partial charge in [0.2, 0.25) is 0 Å². The van der Waals surface area contributed by atoms with Crippen LogP contribution in [0.25, 0.3) is 0 Å². The summed E-state index contributed by atoms with van der Waals surface area (Å²) < 4.78 is 7.30. The van der Waals surface area contributed by atoms with Gasteiger partial charge >= 0.3 is 0 Å². The van der Waals surface area contributed by atoms with Crippen molar-refractivity contribution in [3.8, 4) is 0 Å². The van der Waals surface area contributed by atoms with Crippen LogP contribution in [0, 0.1) is 0 Å². The smallest absolute Gasteiger partial charge is 0.103 e. The fourth-order valence-electron chi connectivity index (χ4n) is 4.90. The zero-order valence-electron chi connectivity index (χ0n) is 21.2. The van der Waals surface area contributed by atoms with Gasteiger partial charge in [0.15, 0.2) is 0 Å². The first-order valence-corrected chi connectivity index (χ1v) is 12.2. The highest BCUT2D eigenvalue weighted by Crippen LogP contribution is 2.44. The van der Waals surface area contributed by atoms with Crippen LogP contribution < -0.4 is 0 Å². The molecule has 0 saturated carbocycles. The highest BCUT2D eigenvalue weighted by atomic mass is 16.5. The number of hydrogen-bond donors (Lipinski definition) is 0. The Morgan fingerprint density at radius 2 is 0.657 bits per heavy atom. The molecule has 0 aliphatic carbocycles. The van der Waals surface area contributed by atoms with E-state index >= 15 is 0 Å². The molecule has 180 valence electrons. The summed E-state index contributed by atoms with van der Waals surface area (Å²) in [4.78, 5) is 4.53. The van der Waals surface area contributed by atoms with E-state index in [1.165, 1.54) is 22.3 Å². The molecule has 4 aromatic carbocycles. The summed E-state index contributed by atoms with van der Waals surface area (Å²) in [5.41, 5.74) is 4.81. The van der Waals surface area contributed by atoms with E-state index in [-0.39, 0.29) is 24.3 Å². The van der Waals surface area contributed by atoms with E-state index in [9.17, 15) is 0 Å². The Bertz CT molecular complexity index is 1040. The molecule has 0 N–H and O–H groups in total. The maximum absolute atomic E-state index is 7.30. The summed E-state index contributed by atoms with van der Waals surface area (Å²) in [6.45, 7) is 0. The van der Waals surface area contributed by atoms with E-state index in [0.29, 0.717) is 0 Å². The van der Waals surface area contributed by atoms with Crippen LogP contribution in [0.2, 0.25) is 0 Å². The average Bonchev–Trinajstić information content (AvgIpc) is 2.89. The lowest BCUT2D eigenvalue weighted by atomic mass is 9.91. The first-order valence-electron chi connectivity index (χ1n) is 12.2. The lowest BCUT2D eigenvalue weighted by Crippen LogP contribution is -2.33. The number of ether oxygens (including phenoxy) is 1. The molecule has 4 rings (SSSR count). The highest BCUT2D eigenvalue weighted by molar-refractivity contribution is 5.30. The number of nitrogens with zero attached hydrogens (tertiary/aromatic N) is 2. The zero-order valence-corrected chi connectivity index (χ0v) is 21.2. The molecule has 0 spiro atoms. The third kappa shape index (κ3) is 6.07. The van der Waals surface area contributed by atoms with Gasteiger partial charge in [0.1, 0.15) is 12.2 Å². The Morgan fingerprint density at radius 3 is 0.914 bits per heavy atom. The number of rotatable bonds is 10. The van der Waals surface area contributed by atoms with Gasteiger partial charge in [0, 0.05) is 0 Å². The monoisotopic (exact) mass is 464 g/mol. The van der Waals surface area contributed by atoms with E-state index in [0.717, 1.165) is 0 Å². The highest BCUT2D eigenvalue weighted by Gasteiger charge is 2.35. The molecule has 0 fully saturated rings. The third-order valence-electron chi connectivity index (χ3n) is 6.52. The van der Waals surface area contributed by atoms with Crippen molar-refractivity contribution in [1.29, 1.82) is 0 Å². The quantitative estimate of drug-likeness (QED) is 0.249. The molecule has 4 atom stereocenters. The average molecular weight is 465 g/mol. The van der Waals surface area contributed by atoms with Crippen molar-refractivity contribution in [2.45, 2.75) is 24.3 Å². The normalized spacial score (nSPS) is 15.0. The number of likely N-dealkylation sites (N-methyl/N-ethyl adjacent to an activating group) is 2. The van der Waals surface area contributed by atoms with Crippen molar-refractivity contribution in [2.75, 3.05) is 28.2 Å². The molecule has 4 unspecified atom stereocenters. The van der Waals surface area contributed by atoms with Crippen LogP contribution in [0.4, 0.5) is 0 Å². The summed E-state index contributed by atoms with van der Waals surface area (Å²) in [5.74, 6) is 0. The molecule has 0 aromatic heterocycles. The van der Waals surface area contributed by atoms with Gasteiger partial charge < -0.3 is 4.74 Å². The van der Waals surface area contributed by atoms with Crippen LogP contribution in [0.15, 0.2) is 121 Å². The molecule has 0 aliphatic rings. The number of hydrogen-bond acceptors (Lipinski definition) is 3. The summed E-state index contributed by atoms with van der Waals surface area (Å²) in [6, 6.07) is 42.7. The predicted octanol–water partition coefficient (Wildman–Crippen LogP) is 7.09. The molecule has 3 nitrogen and oxygen atoms in total. The van der Waals surface area contributed by atoms with E-state index in [2.05, 4.69) is 159 Å². The SMILES string of the molecule is CN(C)C(c1ccccc1)C(OC(c1ccccc1)C(c1ccccc1)N(C)C)c1ccccc1. The van der Waals surface area contributed by atoms with Gasteiger partial charge in [-0.05, 0) is 50.4 Å². The summed E-state index contributed by atoms with van der Waals surface area (Å²) in [6.07, 6.45) is -0.352. The molecule has 0 radical (unpaired) electrons. The van der Waals surface area contributed by atoms with Crippen molar-refractivity contribution in [3.05, 3.63) is 144 Å². The van der Waals surface area contributed by atoms with Crippen molar-refractivity contribution in [1.82, 2.24) is 9.80 Å². The van der Waals surface area contributed by atoms with E-state index in [1.807, 2.05) is 0 Å². The first-order chi connectivity index (χ1) is 17.1. The zero-order chi connectivity index (χ0) is 24.6. The molecule has 0 saturated heterocycles. The first kappa shape index (κ1) is 24.9. The van der Waals surface area contributed by atoms with Crippen LogP contribution in [0.5, 0.6) is 0 Å². The van der Waals surface area contributed by atoms with Gasteiger partial charge in [-0.25, -0.2) is 0 Å². The standard InChI is InChI=1S/C32H36N2O/c1-33(2)29(25-17-9-5-10-18-25)31(27-21-13-7-14-22-27)35-32(28-23-15-8-16-24-28)30(34(3)4)26-19-11-6-12-20-26/h5-24,29-32H,1-4H3. The molecular weight excluding hydrogens is 428 g/mol. The Morgan fingerprint density at radius 1 is 0.400 bits per heavy atom. The fourth-order valence-corrected chi connectivity index (χ4v) is 4.90. The number of benzene rings is 4. The lowest BCUT2D eigenvalue weighted by Gasteiger charge is -2.40. The van der Waals surface area contributed by atoms with E-state index in [4.69, 9.17) is 4.74 Å². The molecule has 0 bridgehead atoms. The van der Waals surface area contributed by atoms with E-state index < -0.39 is 0 Å². The van der Waals surface area contributed by atoms with Crippen LogP contribution in [-0.4, -0.2) is 38.0 Å². The van der Waals surface area contributed by atoms with Crippen molar-refractivity contribution >= 4 is 0 Å². The molecule has 0 amide bonds. The van der Waals surface area contributed by atoms with Gasteiger partial charge in [0.05, 0.1) is 12.1 Å². The maximum atomic E-state index is 7.30. The minimum absolute atomic E-state index is 0.0448. The van der Waals surface area contributed by atoms with Crippen LogP contribution in [0.1, 0.15) is 46.5 Å².